The molecule has 0 aromatic rings. The van der Waals surface area contributed by atoms with Crippen molar-refractivity contribution in [1.82, 2.24) is 0 Å². The van der Waals surface area contributed by atoms with Gasteiger partial charge in [-0.05, 0) is 76.0 Å². The van der Waals surface area contributed by atoms with Crippen LogP contribution in [0.1, 0.15) is 19.3 Å². The SMILES string of the molecule is [CH]1[CH][CH][C](CCC[C]2[CH][CH][CH][CH]2)[CH]1.[Fe]. The van der Waals surface area contributed by atoms with Gasteiger partial charge in [0.2, 0.25) is 0 Å². The molecule has 0 heterocycles. The number of hydrogen-bond donors (Lipinski definition) is 0. The van der Waals surface area contributed by atoms with Crippen LogP contribution in [0.5, 0.6) is 0 Å². The van der Waals surface area contributed by atoms with Crippen LogP contribution in [0, 0.1) is 63.2 Å². The van der Waals surface area contributed by atoms with Gasteiger partial charge in [0.15, 0.2) is 0 Å². The van der Waals surface area contributed by atoms with Crippen LogP contribution in [0.4, 0.5) is 0 Å². The second kappa shape index (κ2) is 6.90. The maximum absolute atomic E-state index is 2.20. The zero-order valence-electron chi connectivity index (χ0n) is 8.09. The van der Waals surface area contributed by atoms with Gasteiger partial charge in [-0.2, -0.15) is 0 Å². The van der Waals surface area contributed by atoms with Gasteiger partial charge in [0.05, 0.1) is 0 Å². The van der Waals surface area contributed by atoms with Crippen molar-refractivity contribution < 1.29 is 17.1 Å². The molecule has 2 aliphatic carbocycles. The van der Waals surface area contributed by atoms with Gasteiger partial charge in [-0.15, -0.1) is 0 Å². The molecule has 0 nitrogen and oxygen atoms in total. The fourth-order valence-electron chi connectivity index (χ4n) is 1.66. The van der Waals surface area contributed by atoms with Crippen molar-refractivity contribution in [2.24, 2.45) is 0 Å². The Bertz CT molecular complexity index is 116. The molecular formula is C13H14Fe. The van der Waals surface area contributed by atoms with Crippen molar-refractivity contribution in [3.63, 3.8) is 0 Å². The van der Waals surface area contributed by atoms with E-state index in [9.17, 15) is 0 Å². The Hall–Kier alpha value is 0.519. The minimum atomic E-state index is 0. The van der Waals surface area contributed by atoms with Crippen LogP contribution in [0.15, 0.2) is 0 Å². The third-order valence-electron chi connectivity index (χ3n) is 2.39. The van der Waals surface area contributed by atoms with Crippen LogP contribution in [0.2, 0.25) is 0 Å². The summed E-state index contributed by atoms with van der Waals surface area (Å²) in [7, 11) is 0. The summed E-state index contributed by atoms with van der Waals surface area (Å²) in [5, 5.41) is 0. The summed E-state index contributed by atoms with van der Waals surface area (Å²) >= 11 is 0. The number of hydrogen-bond acceptors (Lipinski definition) is 0. The van der Waals surface area contributed by atoms with E-state index in [2.05, 4.69) is 51.4 Å². The van der Waals surface area contributed by atoms with Gasteiger partial charge in [-0.25, -0.2) is 0 Å². The second-order valence-electron chi connectivity index (χ2n) is 3.44. The third kappa shape index (κ3) is 3.95. The molecule has 74 valence electrons. The fourth-order valence-corrected chi connectivity index (χ4v) is 1.66. The first-order valence-corrected chi connectivity index (χ1v) is 4.86. The minimum Gasteiger partial charge on any atom is -0.0522 e. The van der Waals surface area contributed by atoms with Crippen LogP contribution >= 0.6 is 0 Å². The molecule has 0 spiro atoms. The van der Waals surface area contributed by atoms with E-state index in [0.717, 1.165) is 0 Å². The molecular weight excluding hydrogens is 212 g/mol. The average Bonchev–Trinajstić information content (AvgIpc) is 2.75. The molecule has 1 heteroatoms. The first kappa shape index (κ1) is 12.6. The molecule has 0 amide bonds. The Kier molecular flexibility index (Phi) is 6.21. The molecule has 0 saturated heterocycles. The van der Waals surface area contributed by atoms with Crippen LogP contribution in [-0.4, -0.2) is 0 Å². The molecule has 2 saturated carbocycles. The molecule has 0 aromatic carbocycles. The van der Waals surface area contributed by atoms with E-state index >= 15 is 0 Å². The van der Waals surface area contributed by atoms with Gasteiger partial charge in [0, 0.05) is 17.1 Å². The van der Waals surface area contributed by atoms with Crippen LogP contribution in [0.25, 0.3) is 0 Å². The largest absolute Gasteiger partial charge is 0.0522 e. The first-order chi connectivity index (χ1) is 6.45. The van der Waals surface area contributed by atoms with Crippen molar-refractivity contribution in [2.75, 3.05) is 0 Å². The maximum atomic E-state index is 2.20. The monoisotopic (exact) mass is 226 g/mol. The molecule has 0 N–H and O–H groups in total. The quantitative estimate of drug-likeness (QED) is 0.646. The molecule has 0 bridgehead atoms. The molecule has 0 aliphatic heterocycles. The summed E-state index contributed by atoms with van der Waals surface area (Å²) < 4.78 is 0. The van der Waals surface area contributed by atoms with E-state index < -0.39 is 0 Å². The summed E-state index contributed by atoms with van der Waals surface area (Å²) in [5.74, 6) is 2.93. The van der Waals surface area contributed by atoms with Gasteiger partial charge in [0.25, 0.3) is 0 Å². The van der Waals surface area contributed by atoms with Gasteiger partial charge in [-0.3, -0.25) is 0 Å². The predicted molar refractivity (Wildman–Crippen MR) is 54.7 cm³/mol. The molecule has 0 aromatic heterocycles. The third-order valence-corrected chi connectivity index (χ3v) is 2.39. The summed E-state index contributed by atoms with van der Waals surface area (Å²) in [5.41, 5.74) is 0. The van der Waals surface area contributed by atoms with E-state index in [1.165, 1.54) is 31.1 Å². The topological polar surface area (TPSA) is 0 Å². The van der Waals surface area contributed by atoms with Crippen molar-refractivity contribution in [3.8, 4) is 0 Å². The molecule has 0 unspecified atom stereocenters. The van der Waals surface area contributed by atoms with Crippen molar-refractivity contribution in [2.45, 2.75) is 19.3 Å². The van der Waals surface area contributed by atoms with Gasteiger partial charge >= 0.3 is 0 Å². The van der Waals surface area contributed by atoms with Gasteiger partial charge < -0.3 is 0 Å². The van der Waals surface area contributed by atoms with E-state index in [1.807, 2.05) is 0 Å². The summed E-state index contributed by atoms with van der Waals surface area (Å²) in [6.07, 6.45) is 20.9. The van der Waals surface area contributed by atoms with Crippen molar-refractivity contribution in [3.05, 3.63) is 63.2 Å². The van der Waals surface area contributed by atoms with Crippen LogP contribution in [-0.2, 0) is 17.1 Å². The van der Waals surface area contributed by atoms with Gasteiger partial charge in [-0.1, -0.05) is 6.42 Å². The second-order valence-corrected chi connectivity index (χ2v) is 3.44. The minimum absolute atomic E-state index is 0. The standard InChI is InChI=1S/C13H14.Fe/c1-2-7-12(6-1)10-5-11-13-8-3-4-9-13;/h1-4,6-9H,5,10-11H2;. The molecule has 2 aliphatic rings. The molecule has 0 atom stereocenters. The zero-order chi connectivity index (χ0) is 8.93. The van der Waals surface area contributed by atoms with Crippen molar-refractivity contribution >= 4 is 0 Å². The predicted octanol–water partition coefficient (Wildman–Crippen LogP) is 2.96. The Morgan fingerprint density at radius 1 is 0.643 bits per heavy atom. The van der Waals surface area contributed by atoms with Crippen LogP contribution in [0.3, 0.4) is 0 Å². The Labute approximate surface area is 99.7 Å². The molecule has 2 fully saturated rings. The van der Waals surface area contributed by atoms with Crippen LogP contribution < -0.4 is 0 Å². The molecule has 10 radical (unpaired) electrons. The summed E-state index contributed by atoms with van der Waals surface area (Å²) in [6.45, 7) is 0. The van der Waals surface area contributed by atoms with Crippen molar-refractivity contribution in [1.29, 1.82) is 0 Å². The van der Waals surface area contributed by atoms with Gasteiger partial charge in [0.1, 0.15) is 0 Å². The Balaban J connectivity index is 0.000000980. The first-order valence-electron chi connectivity index (χ1n) is 4.86. The average molecular weight is 226 g/mol. The maximum Gasteiger partial charge on any atom is 0 e. The fraction of sp³-hybridized carbons (Fsp3) is 0.231. The molecule has 14 heavy (non-hydrogen) atoms. The number of rotatable bonds is 4. The van der Waals surface area contributed by atoms with E-state index in [-0.39, 0.29) is 17.1 Å². The van der Waals surface area contributed by atoms with E-state index in [0.29, 0.717) is 0 Å². The smallest absolute Gasteiger partial charge is 0 e. The Morgan fingerprint density at radius 2 is 1.00 bits per heavy atom. The Morgan fingerprint density at radius 3 is 1.36 bits per heavy atom. The zero-order valence-corrected chi connectivity index (χ0v) is 9.20. The summed E-state index contributed by atoms with van der Waals surface area (Å²) in [4.78, 5) is 0. The van der Waals surface area contributed by atoms with E-state index in [4.69, 9.17) is 0 Å². The normalized spacial score (nSPS) is 24.0. The summed E-state index contributed by atoms with van der Waals surface area (Å²) in [6, 6.07) is 0. The molecule has 2 rings (SSSR count). The van der Waals surface area contributed by atoms with E-state index in [1.54, 1.807) is 0 Å².